The van der Waals surface area contributed by atoms with Crippen LogP contribution in [0.25, 0.3) is 16.6 Å². The number of halogens is 1. The van der Waals surface area contributed by atoms with E-state index in [9.17, 15) is 9.18 Å². The summed E-state index contributed by atoms with van der Waals surface area (Å²) >= 11 is 0. The van der Waals surface area contributed by atoms with Crippen molar-refractivity contribution in [2.45, 2.75) is 44.4 Å². The minimum Gasteiger partial charge on any atom is -0.371 e. The van der Waals surface area contributed by atoms with E-state index in [1.165, 1.54) is 6.07 Å². The zero-order valence-electron chi connectivity index (χ0n) is 20.1. The number of nitrogens with zero attached hydrogens (tertiary/aromatic N) is 4. The molecule has 2 fully saturated rings. The molecule has 0 radical (unpaired) electrons. The lowest BCUT2D eigenvalue weighted by molar-refractivity contribution is -0.0296. The number of para-hydroxylation sites is 1. The standard InChI is InChI=1S/C29H29FN4O2/c30-23-11-4-5-12-26(23)34-25-15-8-14-24(22(25)19-31-34)32-17-18-33(29(32)35)27-13-6-7-16-28(27)36-20-21-9-2-1-3-10-21/h1-5,8-12,14-15,19,27-28H,6-7,13,16-18,20H2/t27-,28-/m1/s1. The van der Waals surface area contributed by atoms with Crippen molar-refractivity contribution < 1.29 is 13.9 Å². The van der Waals surface area contributed by atoms with Crippen LogP contribution in [0.1, 0.15) is 31.2 Å². The fraction of sp³-hybridized carbons (Fsp3) is 0.310. The van der Waals surface area contributed by atoms with Gasteiger partial charge in [0.2, 0.25) is 0 Å². The van der Waals surface area contributed by atoms with E-state index in [0.717, 1.165) is 47.8 Å². The molecule has 36 heavy (non-hydrogen) atoms. The largest absolute Gasteiger partial charge is 0.371 e. The van der Waals surface area contributed by atoms with Crippen molar-refractivity contribution in [2.75, 3.05) is 18.0 Å². The van der Waals surface area contributed by atoms with Gasteiger partial charge in [-0.15, -0.1) is 0 Å². The van der Waals surface area contributed by atoms with E-state index < -0.39 is 0 Å². The molecule has 1 saturated heterocycles. The summed E-state index contributed by atoms with van der Waals surface area (Å²) < 4.78 is 22.4. The molecule has 4 aromatic rings. The average Bonchev–Trinajstić information content (AvgIpc) is 3.52. The first-order valence-electron chi connectivity index (χ1n) is 12.7. The van der Waals surface area contributed by atoms with Gasteiger partial charge in [-0.3, -0.25) is 4.90 Å². The predicted molar refractivity (Wildman–Crippen MR) is 138 cm³/mol. The highest BCUT2D eigenvalue weighted by molar-refractivity contribution is 6.03. The van der Waals surface area contributed by atoms with Gasteiger partial charge in [-0.05, 0) is 42.7 Å². The second-order valence-electron chi connectivity index (χ2n) is 9.53. The van der Waals surface area contributed by atoms with E-state index in [0.29, 0.717) is 25.4 Å². The first-order valence-corrected chi connectivity index (χ1v) is 12.7. The van der Waals surface area contributed by atoms with Crippen molar-refractivity contribution in [3.8, 4) is 5.69 Å². The Morgan fingerprint density at radius 3 is 2.53 bits per heavy atom. The molecule has 1 aliphatic heterocycles. The van der Waals surface area contributed by atoms with Crippen molar-refractivity contribution >= 4 is 22.6 Å². The second kappa shape index (κ2) is 9.74. The quantitative estimate of drug-likeness (QED) is 0.341. The molecule has 0 bridgehead atoms. The maximum Gasteiger partial charge on any atom is 0.324 e. The number of urea groups is 1. The summed E-state index contributed by atoms with van der Waals surface area (Å²) in [6.07, 6.45) is 5.89. The van der Waals surface area contributed by atoms with Crippen LogP contribution >= 0.6 is 0 Å². The molecule has 2 aliphatic rings. The number of amides is 2. The summed E-state index contributed by atoms with van der Waals surface area (Å²) in [4.78, 5) is 17.5. The monoisotopic (exact) mass is 484 g/mol. The topological polar surface area (TPSA) is 50.6 Å². The van der Waals surface area contributed by atoms with Crippen molar-refractivity contribution in [3.63, 3.8) is 0 Å². The highest BCUT2D eigenvalue weighted by Crippen LogP contribution is 2.34. The van der Waals surface area contributed by atoms with Gasteiger partial charge in [-0.1, -0.05) is 61.4 Å². The van der Waals surface area contributed by atoms with Crippen LogP contribution in [-0.4, -0.2) is 45.9 Å². The lowest BCUT2D eigenvalue weighted by Crippen LogP contribution is -2.48. The number of anilines is 1. The van der Waals surface area contributed by atoms with Crippen LogP contribution in [0.3, 0.4) is 0 Å². The zero-order chi connectivity index (χ0) is 24.5. The number of benzene rings is 3. The Balaban J connectivity index is 1.24. The Morgan fingerprint density at radius 2 is 1.67 bits per heavy atom. The molecule has 2 amide bonds. The minimum atomic E-state index is -0.338. The van der Waals surface area contributed by atoms with Gasteiger partial charge < -0.3 is 9.64 Å². The van der Waals surface area contributed by atoms with Gasteiger partial charge in [0.1, 0.15) is 11.5 Å². The smallest absolute Gasteiger partial charge is 0.324 e. The van der Waals surface area contributed by atoms with E-state index in [1.807, 2.05) is 46.2 Å². The molecule has 6 rings (SSSR count). The van der Waals surface area contributed by atoms with E-state index in [-0.39, 0.29) is 24.0 Å². The van der Waals surface area contributed by atoms with Crippen molar-refractivity contribution in [3.05, 3.63) is 90.4 Å². The van der Waals surface area contributed by atoms with Gasteiger partial charge >= 0.3 is 6.03 Å². The summed E-state index contributed by atoms with van der Waals surface area (Å²) in [7, 11) is 0. The van der Waals surface area contributed by atoms with Gasteiger partial charge in [0.25, 0.3) is 0 Å². The number of hydrogen-bond donors (Lipinski definition) is 0. The molecule has 0 spiro atoms. The first-order chi connectivity index (χ1) is 17.7. The number of aromatic nitrogens is 2. The molecule has 1 saturated carbocycles. The molecule has 3 aromatic carbocycles. The lowest BCUT2D eigenvalue weighted by atomic mass is 9.91. The molecule has 2 heterocycles. The van der Waals surface area contributed by atoms with Gasteiger partial charge in [0.05, 0.1) is 36.2 Å². The predicted octanol–water partition coefficient (Wildman–Crippen LogP) is 5.93. The Kier molecular flexibility index (Phi) is 6.15. The highest BCUT2D eigenvalue weighted by atomic mass is 19.1. The van der Waals surface area contributed by atoms with Gasteiger partial charge in [0, 0.05) is 18.5 Å². The fourth-order valence-electron chi connectivity index (χ4n) is 5.58. The van der Waals surface area contributed by atoms with Crippen molar-refractivity contribution in [1.82, 2.24) is 14.7 Å². The van der Waals surface area contributed by atoms with Crippen LogP contribution < -0.4 is 4.90 Å². The van der Waals surface area contributed by atoms with Crippen molar-refractivity contribution in [2.24, 2.45) is 0 Å². The molecule has 1 aliphatic carbocycles. The summed E-state index contributed by atoms with van der Waals surface area (Å²) in [6, 6.07) is 22.6. The highest BCUT2D eigenvalue weighted by Gasteiger charge is 2.40. The number of fused-ring (bicyclic) bond motifs is 1. The Hall–Kier alpha value is -3.71. The molecule has 0 unspecified atom stereocenters. The molecule has 7 heteroatoms. The second-order valence-corrected chi connectivity index (χ2v) is 9.53. The maximum atomic E-state index is 14.5. The van der Waals surface area contributed by atoms with Crippen LogP contribution in [-0.2, 0) is 11.3 Å². The third-order valence-electron chi connectivity index (χ3n) is 7.38. The van der Waals surface area contributed by atoms with Gasteiger partial charge in [0.15, 0.2) is 0 Å². The van der Waals surface area contributed by atoms with Gasteiger partial charge in [-0.25, -0.2) is 13.9 Å². The van der Waals surface area contributed by atoms with Crippen LogP contribution in [0, 0.1) is 5.82 Å². The number of carbonyl (C=O) groups is 1. The summed E-state index contributed by atoms with van der Waals surface area (Å²) in [5, 5.41) is 5.29. The van der Waals surface area contributed by atoms with Crippen LogP contribution in [0.15, 0.2) is 79.0 Å². The van der Waals surface area contributed by atoms with Crippen LogP contribution in [0.2, 0.25) is 0 Å². The number of ether oxygens (including phenoxy) is 1. The molecule has 2 atom stereocenters. The summed E-state index contributed by atoms with van der Waals surface area (Å²) in [5.74, 6) is -0.338. The lowest BCUT2D eigenvalue weighted by Gasteiger charge is -2.37. The SMILES string of the molecule is O=C1N(c2cccc3c2cnn3-c2ccccc2F)CCN1[C@@H]1CCCC[C@H]1OCc1ccccc1. The Morgan fingerprint density at radius 1 is 0.889 bits per heavy atom. The molecule has 1 aromatic heterocycles. The molecular formula is C29H29FN4O2. The molecule has 184 valence electrons. The summed E-state index contributed by atoms with van der Waals surface area (Å²) in [6.45, 7) is 1.82. The van der Waals surface area contributed by atoms with Crippen LogP contribution in [0.5, 0.6) is 0 Å². The first kappa shape index (κ1) is 22.7. The number of hydrogen-bond acceptors (Lipinski definition) is 3. The summed E-state index contributed by atoms with van der Waals surface area (Å²) in [5.41, 5.74) is 3.11. The van der Waals surface area contributed by atoms with Crippen LogP contribution in [0.4, 0.5) is 14.9 Å². The normalized spacial score (nSPS) is 20.4. The molecule has 6 nitrogen and oxygen atoms in total. The molecule has 0 N–H and O–H groups in total. The van der Waals surface area contributed by atoms with E-state index in [1.54, 1.807) is 29.1 Å². The van der Waals surface area contributed by atoms with Gasteiger partial charge in [-0.2, -0.15) is 5.10 Å². The van der Waals surface area contributed by atoms with E-state index in [4.69, 9.17) is 4.74 Å². The zero-order valence-corrected chi connectivity index (χ0v) is 20.1. The Labute approximate surface area is 209 Å². The van der Waals surface area contributed by atoms with E-state index >= 15 is 0 Å². The van der Waals surface area contributed by atoms with E-state index in [2.05, 4.69) is 17.2 Å². The Bertz CT molecular complexity index is 1370. The molecular weight excluding hydrogens is 455 g/mol. The third kappa shape index (κ3) is 4.13. The number of rotatable bonds is 6. The van der Waals surface area contributed by atoms with Crippen molar-refractivity contribution in [1.29, 1.82) is 0 Å². The average molecular weight is 485 g/mol. The maximum absolute atomic E-state index is 14.5. The third-order valence-corrected chi connectivity index (χ3v) is 7.38. The fourth-order valence-corrected chi connectivity index (χ4v) is 5.58. The number of carbonyl (C=O) groups excluding carboxylic acids is 1. The minimum absolute atomic E-state index is 0.00125.